The van der Waals surface area contributed by atoms with Crippen molar-refractivity contribution in [1.29, 1.82) is 0 Å². The van der Waals surface area contributed by atoms with E-state index in [1.807, 2.05) is 0 Å². The Morgan fingerprint density at radius 3 is 2.04 bits per heavy atom. The van der Waals surface area contributed by atoms with E-state index in [4.69, 9.17) is 18.0 Å². The number of anilines is 1. The van der Waals surface area contributed by atoms with Crippen molar-refractivity contribution < 1.29 is 14.5 Å². The molecule has 24 heavy (non-hydrogen) atoms. The van der Waals surface area contributed by atoms with E-state index in [1.165, 1.54) is 36.4 Å². The van der Waals surface area contributed by atoms with Crippen LogP contribution in [0.3, 0.4) is 0 Å². The van der Waals surface area contributed by atoms with E-state index >= 15 is 0 Å². The lowest BCUT2D eigenvalue weighted by atomic mass is 10.2. The standard InChI is InChI=1S/C15H12N4O4S/c16-13(20)9-1-5-11(6-2-9)17-15(24)18-14(21)10-3-7-12(8-4-10)19(22)23/h1-8H,(H2,16,20)(H2,17,18,21,24). The van der Waals surface area contributed by atoms with Gasteiger partial charge in [-0.15, -0.1) is 0 Å². The third-order valence-corrected chi connectivity index (χ3v) is 3.20. The van der Waals surface area contributed by atoms with Crippen LogP contribution >= 0.6 is 12.2 Å². The average molecular weight is 344 g/mol. The largest absolute Gasteiger partial charge is 0.366 e. The fraction of sp³-hybridized carbons (Fsp3) is 0. The number of hydrogen-bond donors (Lipinski definition) is 3. The van der Waals surface area contributed by atoms with Crippen LogP contribution in [0.1, 0.15) is 20.7 Å². The highest BCUT2D eigenvalue weighted by Crippen LogP contribution is 2.12. The Kier molecular flexibility index (Phi) is 5.17. The molecule has 0 aliphatic heterocycles. The maximum absolute atomic E-state index is 12.0. The number of nitro groups is 1. The van der Waals surface area contributed by atoms with Gasteiger partial charge in [-0.1, -0.05) is 0 Å². The minimum Gasteiger partial charge on any atom is -0.366 e. The van der Waals surface area contributed by atoms with Crippen LogP contribution in [-0.4, -0.2) is 21.9 Å². The second-order valence-electron chi connectivity index (χ2n) is 4.65. The number of non-ortho nitro benzene ring substituents is 1. The summed E-state index contributed by atoms with van der Waals surface area (Å²) in [5.41, 5.74) is 6.17. The lowest BCUT2D eigenvalue weighted by Crippen LogP contribution is -2.34. The Morgan fingerprint density at radius 2 is 1.54 bits per heavy atom. The number of rotatable bonds is 4. The number of carbonyl (C=O) groups excluding carboxylic acids is 2. The summed E-state index contributed by atoms with van der Waals surface area (Å²) in [6.45, 7) is 0. The first-order chi connectivity index (χ1) is 11.4. The minimum atomic E-state index is -0.552. The van der Waals surface area contributed by atoms with Crippen molar-refractivity contribution in [2.75, 3.05) is 5.32 Å². The quantitative estimate of drug-likeness (QED) is 0.441. The molecule has 9 heteroatoms. The van der Waals surface area contributed by atoms with Gasteiger partial charge in [0.25, 0.3) is 11.6 Å². The average Bonchev–Trinajstić information content (AvgIpc) is 2.55. The van der Waals surface area contributed by atoms with Crippen LogP contribution in [-0.2, 0) is 0 Å². The predicted octanol–water partition coefficient (Wildman–Crippen LogP) is 1.82. The second-order valence-corrected chi connectivity index (χ2v) is 5.06. The second kappa shape index (κ2) is 7.29. The van der Waals surface area contributed by atoms with E-state index in [9.17, 15) is 19.7 Å². The Hall–Kier alpha value is -3.33. The Balaban J connectivity index is 1.97. The molecule has 0 atom stereocenters. The number of nitrogens with two attached hydrogens (primary N) is 1. The third kappa shape index (κ3) is 4.34. The van der Waals surface area contributed by atoms with Crippen molar-refractivity contribution in [3.8, 4) is 0 Å². The van der Waals surface area contributed by atoms with Crippen molar-refractivity contribution in [3.05, 3.63) is 69.8 Å². The van der Waals surface area contributed by atoms with E-state index in [-0.39, 0.29) is 16.4 Å². The van der Waals surface area contributed by atoms with Gasteiger partial charge in [-0.25, -0.2) is 0 Å². The number of hydrogen-bond acceptors (Lipinski definition) is 5. The Bertz CT molecular complexity index is 803. The number of nitrogens with one attached hydrogen (secondary N) is 2. The maximum Gasteiger partial charge on any atom is 0.269 e. The highest BCUT2D eigenvalue weighted by Gasteiger charge is 2.11. The van der Waals surface area contributed by atoms with Gasteiger partial charge in [-0.2, -0.15) is 0 Å². The van der Waals surface area contributed by atoms with Gasteiger partial charge in [-0.3, -0.25) is 25.0 Å². The molecule has 8 nitrogen and oxygen atoms in total. The van der Waals surface area contributed by atoms with Crippen molar-refractivity contribution in [3.63, 3.8) is 0 Å². The van der Waals surface area contributed by atoms with Gasteiger partial charge in [-0.05, 0) is 48.6 Å². The third-order valence-electron chi connectivity index (χ3n) is 2.99. The summed E-state index contributed by atoms with van der Waals surface area (Å²) in [6, 6.07) is 11.3. The first kappa shape index (κ1) is 17.0. The van der Waals surface area contributed by atoms with Crippen molar-refractivity contribution in [2.45, 2.75) is 0 Å². The molecule has 0 saturated heterocycles. The van der Waals surface area contributed by atoms with Crippen LogP contribution in [0.25, 0.3) is 0 Å². The summed E-state index contributed by atoms with van der Waals surface area (Å²) in [7, 11) is 0. The van der Waals surface area contributed by atoms with Gasteiger partial charge < -0.3 is 11.1 Å². The molecule has 0 aliphatic carbocycles. The lowest BCUT2D eigenvalue weighted by Gasteiger charge is -2.09. The SMILES string of the molecule is NC(=O)c1ccc(NC(=S)NC(=O)c2ccc([N+](=O)[O-])cc2)cc1. The monoisotopic (exact) mass is 344 g/mol. The first-order valence-corrected chi connectivity index (χ1v) is 7.04. The molecule has 2 aromatic carbocycles. The molecule has 2 aromatic rings. The molecule has 0 aliphatic rings. The molecule has 4 N–H and O–H groups in total. The Labute approximate surface area is 141 Å². The summed E-state index contributed by atoms with van der Waals surface area (Å²) in [4.78, 5) is 33.0. The van der Waals surface area contributed by atoms with E-state index in [0.717, 1.165) is 0 Å². The van der Waals surface area contributed by atoms with E-state index in [1.54, 1.807) is 12.1 Å². The molecule has 0 saturated carbocycles. The highest BCUT2D eigenvalue weighted by atomic mass is 32.1. The van der Waals surface area contributed by atoms with Crippen LogP contribution in [0.5, 0.6) is 0 Å². The smallest absolute Gasteiger partial charge is 0.269 e. The molecule has 0 heterocycles. The van der Waals surface area contributed by atoms with Gasteiger partial charge in [0.1, 0.15) is 0 Å². The molecule has 0 radical (unpaired) electrons. The Morgan fingerprint density at radius 1 is 1.00 bits per heavy atom. The van der Waals surface area contributed by atoms with Crippen molar-refractivity contribution in [2.24, 2.45) is 5.73 Å². The molecule has 0 unspecified atom stereocenters. The predicted molar refractivity (Wildman–Crippen MR) is 91.7 cm³/mol. The zero-order valence-corrected chi connectivity index (χ0v) is 13.0. The number of nitrogens with zero attached hydrogens (tertiary/aromatic N) is 1. The van der Waals surface area contributed by atoms with Crippen LogP contribution in [0.4, 0.5) is 11.4 Å². The van der Waals surface area contributed by atoms with Gasteiger partial charge in [0, 0.05) is 28.9 Å². The van der Waals surface area contributed by atoms with Gasteiger partial charge in [0.15, 0.2) is 5.11 Å². The maximum atomic E-state index is 12.0. The first-order valence-electron chi connectivity index (χ1n) is 6.63. The molecule has 0 aromatic heterocycles. The fourth-order valence-electron chi connectivity index (χ4n) is 1.79. The number of carbonyl (C=O) groups is 2. The molecular formula is C15H12N4O4S. The van der Waals surface area contributed by atoms with Gasteiger partial charge in [0.2, 0.25) is 5.91 Å². The van der Waals surface area contributed by atoms with E-state index in [0.29, 0.717) is 11.3 Å². The normalized spacial score (nSPS) is 9.83. The molecule has 2 amide bonds. The topological polar surface area (TPSA) is 127 Å². The number of thiocarbonyl (C=S) groups is 1. The molecule has 122 valence electrons. The van der Waals surface area contributed by atoms with Crippen LogP contribution in [0, 0.1) is 10.1 Å². The zero-order chi connectivity index (χ0) is 17.7. The number of benzene rings is 2. The van der Waals surface area contributed by atoms with Gasteiger partial charge in [0.05, 0.1) is 4.92 Å². The van der Waals surface area contributed by atoms with Crippen LogP contribution in [0.15, 0.2) is 48.5 Å². The molecular weight excluding hydrogens is 332 g/mol. The summed E-state index contributed by atoms with van der Waals surface area (Å²) >= 11 is 5.02. The molecule has 0 fully saturated rings. The zero-order valence-electron chi connectivity index (χ0n) is 12.2. The van der Waals surface area contributed by atoms with Gasteiger partial charge >= 0.3 is 0 Å². The van der Waals surface area contributed by atoms with Crippen LogP contribution < -0.4 is 16.4 Å². The molecule has 0 spiro atoms. The highest BCUT2D eigenvalue weighted by molar-refractivity contribution is 7.80. The summed E-state index contributed by atoms with van der Waals surface area (Å²) in [5.74, 6) is -1.05. The number of nitro benzene ring substituents is 1. The number of amides is 2. The van der Waals surface area contributed by atoms with E-state index < -0.39 is 16.7 Å². The number of primary amides is 1. The summed E-state index contributed by atoms with van der Waals surface area (Å²) in [6.07, 6.45) is 0. The summed E-state index contributed by atoms with van der Waals surface area (Å²) in [5, 5.41) is 15.8. The summed E-state index contributed by atoms with van der Waals surface area (Å²) < 4.78 is 0. The molecule has 0 bridgehead atoms. The molecule has 2 rings (SSSR count). The van der Waals surface area contributed by atoms with E-state index in [2.05, 4.69) is 10.6 Å². The fourth-order valence-corrected chi connectivity index (χ4v) is 2.00. The lowest BCUT2D eigenvalue weighted by molar-refractivity contribution is -0.384. The van der Waals surface area contributed by atoms with Crippen LogP contribution in [0.2, 0.25) is 0 Å². The minimum absolute atomic E-state index is 0.0465. The van der Waals surface area contributed by atoms with Crippen molar-refractivity contribution >= 4 is 40.5 Å². The van der Waals surface area contributed by atoms with Crippen molar-refractivity contribution in [1.82, 2.24) is 5.32 Å².